The Morgan fingerprint density at radius 3 is 1.69 bits per heavy atom. The molecule has 8 aromatic carbocycles. The van der Waals surface area contributed by atoms with E-state index in [1.807, 2.05) is 23.5 Å². The molecule has 0 saturated heterocycles. The van der Waals surface area contributed by atoms with Crippen LogP contribution >= 0.6 is 11.3 Å². The van der Waals surface area contributed by atoms with E-state index in [2.05, 4.69) is 169 Å². The lowest BCUT2D eigenvalue weighted by Gasteiger charge is -2.25. The molecule has 0 saturated carbocycles. The van der Waals surface area contributed by atoms with Gasteiger partial charge in [0.05, 0.1) is 0 Å². The van der Waals surface area contributed by atoms with E-state index in [1.54, 1.807) is 0 Å². The summed E-state index contributed by atoms with van der Waals surface area (Å²) < 4.78 is 15.3. The Bertz CT molecular complexity index is 3090. The quantitative estimate of drug-likeness (QED) is 0.181. The highest BCUT2D eigenvalue weighted by atomic mass is 32.1. The molecule has 0 aliphatic rings. The Balaban J connectivity index is 1.11. The summed E-state index contributed by atoms with van der Waals surface area (Å²) in [6, 6.07) is 62.3. The molecular formula is C48H29NO2S. The first kappa shape index (κ1) is 29.1. The molecule has 244 valence electrons. The van der Waals surface area contributed by atoms with Crippen LogP contribution in [0.3, 0.4) is 0 Å². The van der Waals surface area contributed by atoms with Gasteiger partial charge in [-0.2, -0.15) is 0 Å². The number of anilines is 3. The van der Waals surface area contributed by atoms with Crippen molar-refractivity contribution in [1.82, 2.24) is 0 Å². The Hall–Kier alpha value is -6.62. The third-order valence-corrected chi connectivity index (χ3v) is 11.6. The second-order valence-electron chi connectivity index (χ2n) is 13.2. The van der Waals surface area contributed by atoms with Gasteiger partial charge in [-0.3, -0.25) is 0 Å². The monoisotopic (exact) mass is 683 g/mol. The maximum Gasteiger partial charge on any atom is 0.136 e. The minimum Gasteiger partial charge on any atom is -0.456 e. The summed E-state index contributed by atoms with van der Waals surface area (Å²) in [6.07, 6.45) is 0. The maximum absolute atomic E-state index is 6.54. The molecule has 0 spiro atoms. The highest BCUT2D eigenvalue weighted by molar-refractivity contribution is 7.26. The van der Waals surface area contributed by atoms with Crippen LogP contribution in [0.1, 0.15) is 0 Å². The van der Waals surface area contributed by atoms with Crippen LogP contribution in [0.5, 0.6) is 0 Å². The number of thiophene rings is 1. The van der Waals surface area contributed by atoms with Crippen LogP contribution in [-0.4, -0.2) is 0 Å². The normalized spacial score (nSPS) is 11.8. The van der Waals surface area contributed by atoms with Gasteiger partial charge in [0.2, 0.25) is 0 Å². The fourth-order valence-corrected chi connectivity index (χ4v) is 9.30. The molecule has 0 bridgehead atoms. The summed E-state index contributed by atoms with van der Waals surface area (Å²) in [6.45, 7) is 0. The van der Waals surface area contributed by atoms with Gasteiger partial charge in [0.1, 0.15) is 22.3 Å². The van der Waals surface area contributed by atoms with Gasteiger partial charge >= 0.3 is 0 Å². The summed E-state index contributed by atoms with van der Waals surface area (Å²) in [4.78, 5) is 2.30. The van der Waals surface area contributed by atoms with Gasteiger partial charge in [-0.25, -0.2) is 0 Å². The molecule has 0 aliphatic carbocycles. The minimum absolute atomic E-state index is 0.875. The molecule has 0 aliphatic heterocycles. The van der Waals surface area contributed by atoms with Crippen molar-refractivity contribution >= 4 is 92.4 Å². The van der Waals surface area contributed by atoms with Crippen LogP contribution in [0.25, 0.3) is 86.3 Å². The number of rotatable bonds is 5. The number of benzene rings is 8. The first-order chi connectivity index (χ1) is 25.8. The molecule has 0 amide bonds. The number of nitrogens with zero attached hydrogens (tertiary/aromatic N) is 1. The smallest absolute Gasteiger partial charge is 0.136 e. The van der Waals surface area contributed by atoms with Crippen LogP contribution in [0.2, 0.25) is 0 Å². The third-order valence-electron chi connectivity index (χ3n) is 10.3. The number of furan rings is 2. The first-order valence-corrected chi connectivity index (χ1v) is 18.3. The Kier molecular flexibility index (Phi) is 6.42. The van der Waals surface area contributed by atoms with E-state index >= 15 is 0 Å². The highest BCUT2D eigenvalue weighted by Crippen LogP contribution is 2.47. The van der Waals surface area contributed by atoms with E-state index in [4.69, 9.17) is 8.83 Å². The van der Waals surface area contributed by atoms with Crippen molar-refractivity contribution in [3.8, 4) is 22.3 Å². The lowest BCUT2D eigenvalue weighted by molar-refractivity contribution is 0.668. The first-order valence-electron chi connectivity index (χ1n) is 17.5. The fraction of sp³-hybridized carbons (Fsp3) is 0. The van der Waals surface area contributed by atoms with Crippen molar-refractivity contribution in [2.75, 3.05) is 4.90 Å². The van der Waals surface area contributed by atoms with Crippen LogP contribution in [0, 0.1) is 0 Å². The molecule has 0 radical (unpaired) electrons. The Morgan fingerprint density at radius 1 is 0.346 bits per heavy atom. The summed E-state index contributed by atoms with van der Waals surface area (Å²) in [5, 5.41) is 7.04. The van der Waals surface area contributed by atoms with Crippen LogP contribution in [0.15, 0.2) is 185 Å². The minimum atomic E-state index is 0.875. The van der Waals surface area contributed by atoms with Crippen LogP contribution in [0.4, 0.5) is 17.1 Å². The molecule has 0 N–H and O–H groups in total. The van der Waals surface area contributed by atoms with Crippen LogP contribution < -0.4 is 4.90 Å². The lowest BCUT2D eigenvalue weighted by atomic mass is 9.97. The number of para-hydroxylation sites is 3. The molecule has 4 heteroatoms. The fourth-order valence-electron chi connectivity index (χ4n) is 7.93. The summed E-state index contributed by atoms with van der Waals surface area (Å²) in [7, 11) is 0. The zero-order chi connectivity index (χ0) is 34.2. The molecule has 0 atom stereocenters. The average Bonchev–Trinajstić information content (AvgIpc) is 3.90. The van der Waals surface area contributed by atoms with Crippen molar-refractivity contribution in [2.45, 2.75) is 0 Å². The Morgan fingerprint density at radius 2 is 0.904 bits per heavy atom. The van der Waals surface area contributed by atoms with E-state index in [0.29, 0.717) is 0 Å². The predicted octanol–water partition coefficient (Wildman–Crippen LogP) is 14.7. The predicted molar refractivity (Wildman–Crippen MR) is 219 cm³/mol. The van der Waals surface area contributed by atoms with Gasteiger partial charge in [-0.05, 0) is 83.4 Å². The molecule has 3 nitrogen and oxygen atoms in total. The standard InChI is InChI=1S/C48H29NO2S/c1-3-12-31(13-4-1)49(32-14-5-2-6-15-32)33-25-27-44-41(29-33)46-36(18-11-23-45(46)51-44)37-19-10-21-39-38-20-9-17-34(47(38)52-48(37)39)30-24-26-43-40(28-30)35-16-7-8-22-42(35)50-43/h1-29H. The van der Waals surface area contributed by atoms with E-state index < -0.39 is 0 Å². The number of hydrogen-bond donors (Lipinski definition) is 0. The second kappa shape index (κ2) is 11.5. The number of hydrogen-bond acceptors (Lipinski definition) is 4. The van der Waals surface area contributed by atoms with Gasteiger partial charge < -0.3 is 13.7 Å². The van der Waals surface area contributed by atoms with E-state index in [9.17, 15) is 0 Å². The van der Waals surface area contributed by atoms with E-state index in [-0.39, 0.29) is 0 Å². The molecular weight excluding hydrogens is 655 g/mol. The molecule has 11 aromatic rings. The second-order valence-corrected chi connectivity index (χ2v) is 14.3. The number of fused-ring (bicyclic) bond motifs is 9. The molecule has 52 heavy (non-hydrogen) atoms. The molecule has 3 aromatic heterocycles. The molecule has 11 rings (SSSR count). The maximum atomic E-state index is 6.54. The van der Waals surface area contributed by atoms with Gasteiger partial charge in [-0.15, -0.1) is 11.3 Å². The zero-order valence-electron chi connectivity index (χ0n) is 27.9. The molecule has 3 heterocycles. The largest absolute Gasteiger partial charge is 0.456 e. The van der Waals surface area contributed by atoms with Crippen molar-refractivity contribution in [1.29, 1.82) is 0 Å². The Labute approximate surface area is 303 Å². The van der Waals surface area contributed by atoms with E-state index in [1.165, 1.54) is 42.4 Å². The lowest BCUT2D eigenvalue weighted by Crippen LogP contribution is -2.09. The van der Waals surface area contributed by atoms with Crippen molar-refractivity contribution < 1.29 is 8.83 Å². The topological polar surface area (TPSA) is 29.5 Å². The SMILES string of the molecule is c1ccc(N(c2ccccc2)c2ccc3oc4cccc(-c5cccc6c5sc5c(-c7ccc8oc9ccccc9c8c7)cccc56)c4c3c2)cc1. The summed E-state index contributed by atoms with van der Waals surface area (Å²) in [5.41, 5.74) is 11.7. The van der Waals surface area contributed by atoms with Gasteiger partial charge in [0.15, 0.2) is 0 Å². The summed E-state index contributed by atoms with van der Waals surface area (Å²) in [5.74, 6) is 0. The molecule has 0 fully saturated rings. The van der Waals surface area contributed by atoms with Crippen molar-refractivity contribution in [3.63, 3.8) is 0 Å². The van der Waals surface area contributed by atoms with Gasteiger partial charge in [-0.1, -0.05) is 109 Å². The van der Waals surface area contributed by atoms with E-state index in [0.717, 1.165) is 60.9 Å². The van der Waals surface area contributed by atoms with Crippen LogP contribution in [-0.2, 0) is 0 Å². The van der Waals surface area contributed by atoms with Gasteiger partial charge in [0, 0.05) is 64.3 Å². The summed E-state index contributed by atoms with van der Waals surface area (Å²) >= 11 is 1.87. The third kappa shape index (κ3) is 4.45. The molecule has 0 unspecified atom stereocenters. The van der Waals surface area contributed by atoms with Crippen molar-refractivity contribution in [2.24, 2.45) is 0 Å². The highest BCUT2D eigenvalue weighted by Gasteiger charge is 2.20. The average molecular weight is 684 g/mol. The zero-order valence-corrected chi connectivity index (χ0v) is 28.7. The van der Waals surface area contributed by atoms with Gasteiger partial charge in [0.25, 0.3) is 0 Å². The van der Waals surface area contributed by atoms with Crippen molar-refractivity contribution in [3.05, 3.63) is 176 Å².